The summed E-state index contributed by atoms with van der Waals surface area (Å²) in [6.45, 7) is 7.10. The van der Waals surface area contributed by atoms with Crippen LogP contribution in [0.2, 0.25) is 0 Å². The highest BCUT2D eigenvalue weighted by Gasteiger charge is 2.40. The van der Waals surface area contributed by atoms with Crippen molar-refractivity contribution in [3.8, 4) is 0 Å². The standard InChI is InChI=1S/C28H38FN5O3/c1-18-17-32(25-11-4-19(16-23(25)29)28(2,3)37)14-15-33(18)27-30-13-12-24(31-27)26(36)34(20-5-6-20)21-7-9-22(35)10-8-21/h4,11-13,16,18,20-22,35,37H,5-10,14-15,17H2,1-3H3. The lowest BCUT2D eigenvalue weighted by Gasteiger charge is -2.41. The van der Waals surface area contributed by atoms with E-state index in [1.165, 1.54) is 6.07 Å². The predicted molar refractivity (Wildman–Crippen MR) is 140 cm³/mol. The Morgan fingerprint density at radius 3 is 2.35 bits per heavy atom. The zero-order valence-electron chi connectivity index (χ0n) is 22.0. The molecule has 0 spiro atoms. The van der Waals surface area contributed by atoms with Crippen molar-refractivity contribution < 1.29 is 19.4 Å². The van der Waals surface area contributed by atoms with Crippen LogP contribution in [0.15, 0.2) is 30.5 Å². The number of aliphatic hydroxyl groups excluding tert-OH is 1. The first kappa shape index (κ1) is 25.9. The van der Waals surface area contributed by atoms with Crippen molar-refractivity contribution in [2.24, 2.45) is 0 Å². The zero-order valence-corrected chi connectivity index (χ0v) is 22.0. The molecular weight excluding hydrogens is 473 g/mol. The topological polar surface area (TPSA) is 93.0 Å². The molecule has 37 heavy (non-hydrogen) atoms. The Kier molecular flexibility index (Phi) is 7.11. The Hall–Kier alpha value is -2.78. The second kappa shape index (κ2) is 10.2. The van der Waals surface area contributed by atoms with E-state index >= 15 is 0 Å². The fourth-order valence-electron chi connectivity index (χ4n) is 5.67. The van der Waals surface area contributed by atoms with E-state index in [0.29, 0.717) is 42.5 Å². The average molecular weight is 512 g/mol. The summed E-state index contributed by atoms with van der Waals surface area (Å²) in [5, 5.41) is 20.1. The third kappa shape index (κ3) is 5.57. The Morgan fingerprint density at radius 2 is 1.76 bits per heavy atom. The minimum absolute atomic E-state index is 0.00632. The molecule has 0 bridgehead atoms. The summed E-state index contributed by atoms with van der Waals surface area (Å²) >= 11 is 0. The number of rotatable bonds is 6. The molecule has 1 amide bonds. The maximum absolute atomic E-state index is 14.9. The van der Waals surface area contributed by atoms with Gasteiger partial charge in [-0.15, -0.1) is 0 Å². The average Bonchev–Trinajstić information content (AvgIpc) is 3.70. The molecule has 2 N–H and O–H groups in total. The maximum Gasteiger partial charge on any atom is 0.273 e. The fraction of sp³-hybridized carbons (Fsp3) is 0.607. The van der Waals surface area contributed by atoms with Crippen molar-refractivity contribution in [2.45, 2.75) is 89.1 Å². The van der Waals surface area contributed by atoms with Crippen molar-refractivity contribution >= 4 is 17.5 Å². The van der Waals surface area contributed by atoms with Crippen LogP contribution < -0.4 is 9.80 Å². The Balaban J connectivity index is 1.29. The van der Waals surface area contributed by atoms with E-state index in [4.69, 9.17) is 4.98 Å². The minimum atomic E-state index is -1.10. The van der Waals surface area contributed by atoms with E-state index in [1.807, 2.05) is 9.80 Å². The number of benzene rings is 1. The number of anilines is 2. The van der Waals surface area contributed by atoms with Crippen LogP contribution in [0.3, 0.4) is 0 Å². The number of aliphatic hydroxyl groups is 2. The van der Waals surface area contributed by atoms with Crippen molar-refractivity contribution in [3.63, 3.8) is 0 Å². The smallest absolute Gasteiger partial charge is 0.273 e. The first-order chi connectivity index (χ1) is 17.6. The van der Waals surface area contributed by atoms with Crippen molar-refractivity contribution in [1.29, 1.82) is 0 Å². The number of aromatic nitrogens is 2. The molecule has 0 radical (unpaired) electrons. The molecule has 1 unspecified atom stereocenters. The minimum Gasteiger partial charge on any atom is -0.393 e. The number of carbonyl (C=O) groups is 1. The van der Waals surface area contributed by atoms with Crippen LogP contribution in [-0.2, 0) is 5.60 Å². The van der Waals surface area contributed by atoms with Gasteiger partial charge in [-0.1, -0.05) is 6.07 Å². The SMILES string of the molecule is CC1CN(c2ccc(C(C)(C)O)cc2F)CCN1c1nccc(C(=O)N(C2CCC(O)CC2)C2CC2)n1. The van der Waals surface area contributed by atoms with E-state index in [9.17, 15) is 19.4 Å². The number of nitrogens with zero attached hydrogens (tertiary/aromatic N) is 5. The lowest BCUT2D eigenvalue weighted by atomic mass is 9.91. The maximum atomic E-state index is 14.9. The molecular formula is C28H38FN5O3. The number of amides is 1. The van der Waals surface area contributed by atoms with Gasteiger partial charge in [0.15, 0.2) is 0 Å². The van der Waals surface area contributed by atoms with Crippen LogP contribution in [0, 0.1) is 5.82 Å². The van der Waals surface area contributed by atoms with Gasteiger partial charge in [0.2, 0.25) is 5.95 Å². The quantitative estimate of drug-likeness (QED) is 0.614. The van der Waals surface area contributed by atoms with Crippen LogP contribution in [0.5, 0.6) is 0 Å². The highest BCUT2D eigenvalue weighted by Crippen LogP contribution is 2.35. The third-order valence-electron chi connectivity index (χ3n) is 7.98. The van der Waals surface area contributed by atoms with Gasteiger partial charge < -0.3 is 24.9 Å². The summed E-state index contributed by atoms with van der Waals surface area (Å²) in [5.41, 5.74) is 0.367. The molecule has 1 saturated heterocycles. The van der Waals surface area contributed by atoms with E-state index in [1.54, 1.807) is 38.2 Å². The number of hydrogen-bond acceptors (Lipinski definition) is 7. The zero-order chi connectivity index (χ0) is 26.3. The van der Waals surface area contributed by atoms with Gasteiger partial charge in [0, 0.05) is 44.0 Å². The molecule has 2 aromatic rings. The van der Waals surface area contributed by atoms with Gasteiger partial charge in [-0.25, -0.2) is 14.4 Å². The molecule has 2 heterocycles. The monoisotopic (exact) mass is 511 g/mol. The molecule has 3 aliphatic rings. The van der Waals surface area contributed by atoms with Crippen LogP contribution >= 0.6 is 0 Å². The lowest BCUT2D eigenvalue weighted by Crippen LogP contribution is -2.53. The molecule has 2 saturated carbocycles. The molecule has 200 valence electrons. The molecule has 1 aromatic heterocycles. The second-order valence-electron chi connectivity index (χ2n) is 11.4. The molecule has 9 heteroatoms. The highest BCUT2D eigenvalue weighted by molar-refractivity contribution is 5.93. The summed E-state index contributed by atoms with van der Waals surface area (Å²) in [6.07, 6.45) is 6.56. The predicted octanol–water partition coefficient (Wildman–Crippen LogP) is 3.47. The van der Waals surface area contributed by atoms with Crippen LogP contribution in [0.4, 0.5) is 16.0 Å². The van der Waals surface area contributed by atoms with Gasteiger partial charge in [0.25, 0.3) is 5.91 Å². The van der Waals surface area contributed by atoms with Gasteiger partial charge in [0.05, 0.1) is 17.4 Å². The summed E-state index contributed by atoms with van der Waals surface area (Å²) in [7, 11) is 0. The number of piperazine rings is 1. The second-order valence-corrected chi connectivity index (χ2v) is 11.4. The van der Waals surface area contributed by atoms with Gasteiger partial charge in [-0.3, -0.25) is 4.79 Å². The first-order valence-electron chi connectivity index (χ1n) is 13.5. The molecule has 1 aromatic carbocycles. The van der Waals surface area contributed by atoms with Crippen molar-refractivity contribution in [2.75, 3.05) is 29.4 Å². The highest BCUT2D eigenvalue weighted by atomic mass is 19.1. The lowest BCUT2D eigenvalue weighted by molar-refractivity contribution is 0.0470. The number of halogens is 1. The normalized spacial score (nSPS) is 24.8. The van der Waals surface area contributed by atoms with Gasteiger partial charge in [-0.05, 0) is 83.1 Å². The van der Waals surface area contributed by atoms with E-state index in [2.05, 4.69) is 16.8 Å². The number of carbonyl (C=O) groups excluding carboxylic acids is 1. The first-order valence-corrected chi connectivity index (χ1v) is 13.5. The van der Waals surface area contributed by atoms with Gasteiger partial charge in [-0.2, -0.15) is 0 Å². The van der Waals surface area contributed by atoms with Crippen LogP contribution in [0.25, 0.3) is 0 Å². The van der Waals surface area contributed by atoms with Gasteiger partial charge in [0.1, 0.15) is 11.5 Å². The van der Waals surface area contributed by atoms with Crippen LogP contribution in [-0.4, -0.2) is 74.9 Å². The van der Waals surface area contributed by atoms with Crippen molar-refractivity contribution in [1.82, 2.24) is 14.9 Å². The molecule has 3 fully saturated rings. The fourth-order valence-corrected chi connectivity index (χ4v) is 5.67. The summed E-state index contributed by atoms with van der Waals surface area (Å²) < 4.78 is 14.9. The number of hydrogen-bond donors (Lipinski definition) is 2. The molecule has 1 aliphatic heterocycles. The van der Waals surface area contributed by atoms with Crippen LogP contribution in [0.1, 0.15) is 75.3 Å². The Morgan fingerprint density at radius 1 is 1.08 bits per heavy atom. The van der Waals surface area contributed by atoms with E-state index in [0.717, 1.165) is 38.5 Å². The molecule has 5 rings (SSSR count). The Bertz CT molecular complexity index is 1130. The molecule has 1 atom stereocenters. The molecule has 8 nitrogen and oxygen atoms in total. The molecule has 2 aliphatic carbocycles. The van der Waals surface area contributed by atoms with Gasteiger partial charge >= 0.3 is 0 Å². The summed E-state index contributed by atoms with van der Waals surface area (Å²) in [5.74, 6) is 0.123. The summed E-state index contributed by atoms with van der Waals surface area (Å²) in [6, 6.07) is 7.03. The Labute approximate surface area is 218 Å². The largest absolute Gasteiger partial charge is 0.393 e. The summed E-state index contributed by atoms with van der Waals surface area (Å²) in [4.78, 5) is 28.9. The van der Waals surface area contributed by atoms with Crippen molar-refractivity contribution in [3.05, 3.63) is 47.5 Å². The van der Waals surface area contributed by atoms with E-state index < -0.39 is 5.60 Å². The van der Waals surface area contributed by atoms with E-state index in [-0.39, 0.29) is 36.0 Å². The third-order valence-corrected chi connectivity index (χ3v) is 7.98.